The number of methoxy groups -OCH3 is 1. The van der Waals surface area contributed by atoms with Crippen molar-refractivity contribution >= 4 is 44.0 Å². The molecule has 38 heavy (non-hydrogen) atoms. The number of fused-ring (bicyclic) bond motifs is 2. The molecule has 0 N–H and O–H groups in total. The normalized spacial score (nSPS) is 11.2. The van der Waals surface area contributed by atoms with Gasteiger partial charge in [0.15, 0.2) is 23.9 Å². The summed E-state index contributed by atoms with van der Waals surface area (Å²) in [6.07, 6.45) is 1.52. The Labute approximate surface area is 225 Å². The average Bonchev–Trinajstić information content (AvgIpc) is 3.37. The smallest absolute Gasteiger partial charge is 0.282 e. The number of benzene rings is 3. The highest BCUT2D eigenvalue weighted by Gasteiger charge is 2.18. The van der Waals surface area contributed by atoms with E-state index >= 15 is 0 Å². The van der Waals surface area contributed by atoms with E-state index in [0.717, 1.165) is 5.39 Å². The summed E-state index contributed by atoms with van der Waals surface area (Å²) in [5, 5.41) is 14.6. The molecule has 0 radical (unpaired) electrons. The van der Waals surface area contributed by atoms with Crippen LogP contribution >= 0.6 is 15.9 Å². The SMILES string of the molecule is CCOc1cc(C=Nn2c(-c3cc4c(OC)cccc4o3)nc3ccccc3c2=O)c(Br)cc1OCC#N. The van der Waals surface area contributed by atoms with Crippen LogP contribution in [0.2, 0.25) is 0 Å². The molecule has 0 bridgehead atoms. The molecular weight excluding hydrogens is 552 g/mol. The van der Waals surface area contributed by atoms with E-state index in [4.69, 9.17) is 28.9 Å². The second kappa shape index (κ2) is 10.8. The molecule has 0 saturated carbocycles. The van der Waals surface area contributed by atoms with Gasteiger partial charge in [-0.25, -0.2) is 4.98 Å². The fraction of sp³-hybridized carbons (Fsp3) is 0.143. The van der Waals surface area contributed by atoms with Gasteiger partial charge in [-0.2, -0.15) is 15.0 Å². The summed E-state index contributed by atoms with van der Waals surface area (Å²) in [5.74, 6) is 2.10. The number of aromatic nitrogens is 2. The van der Waals surface area contributed by atoms with Gasteiger partial charge in [0.25, 0.3) is 5.56 Å². The Balaban J connectivity index is 1.67. The number of nitriles is 1. The van der Waals surface area contributed by atoms with E-state index in [2.05, 4.69) is 21.0 Å². The van der Waals surface area contributed by atoms with Crippen LogP contribution in [0, 0.1) is 11.3 Å². The van der Waals surface area contributed by atoms with Gasteiger partial charge >= 0.3 is 0 Å². The molecule has 2 heterocycles. The average molecular weight is 573 g/mol. The third-order valence-electron chi connectivity index (χ3n) is 5.68. The quantitative estimate of drug-likeness (QED) is 0.217. The van der Waals surface area contributed by atoms with Crippen LogP contribution in [0.15, 0.2) is 79.4 Å². The van der Waals surface area contributed by atoms with Crippen molar-refractivity contribution in [3.8, 4) is 34.9 Å². The van der Waals surface area contributed by atoms with Crippen molar-refractivity contribution in [1.29, 1.82) is 5.26 Å². The van der Waals surface area contributed by atoms with E-state index in [1.165, 1.54) is 10.9 Å². The van der Waals surface area contributed by atoms with Gasteiger partial charge in [0, 0.05) is 10.0 Å². The molecule has 0 amide bonds. The third-order valence-corrected chi connectivity index (χ3v) is 6.37. The second-order valence-electron chi connectivity index (χ2n) is 8.00. The summed E-state index contributed by atoms with van der Waals surface area (Å²) in [6, 6.07) is 19.7. The van der Waals surface area contributed by atoms with Gasteiger partial charge in [-0.15, -0.1) is 0 Å². The molecule has 0 aliphatic rings. The van der Waals surface area contributed by atoms with E-state index in [9.17, 15) is 4.79 Å². The molecule has 0 aliphatic heterocycles. The second-order valence-corrected chi connectivity index (χ2v) is 8.85. The predicted octanol–water partition coefficient (Wildman–Crippen LogP) is 5.76. The van der Waals surface area contributed by atoms with Gasteiger partial charge in [-0.3, -0.25) is 4.79 Å². The van der Waals surface area contributed by atoms with E-state index in [1.54, 1.807) is 43.5 Å². The zero-order valence-electron chi connectivity index (χ0n) is 20.5. The molecule has 10 heteroatoms. The fourth-order valence-corrected chi connectivity index (χ4v) is 4.40. The van der Waals surface area contributed by atoms with Gasteiger partial charge in [-0.05, 0) is 65.3 Å². The topological polar surface area (TPSA) is 112 Å². The Morgan fingerprint density at radius 2 is 1.89 bits per heavy atom. The molecule has 0 saturated heterocycles. The molecule has 3 aromatic carbocycles. The molecule has 0 fully saturated rings. The van der Waals surface area contributed by atoms with Crippen LogP contribution in [-0.4, -0.2) is 36.2 Å². The Kier molecular flexibility index (Phi) is 7.11. The zero-order chi connectivity index (χ0) is 26.6. The van der Waals surface area contributed by atoms with Crippen LogP contribution in [0.3, 0.4) is 0 Å². The maximum absolute atomic E-state index is 13.6. The monoisotopic (exact) mass is 572 g/mol. The Hall–Kier alpha value is -4.62. The lowest BCUT2D eigenvalue weighted by molar-refractivity contribution is 0.298. The van der Waals surface area contributed by atoms with Crippen LogP contribution in [0.1, 0.15) is 12.5 Å². The van der Waals surface area contributed by atoms with Gasteiger partial charge in [-0.1, -0.05) is 18.2 Å². The van der Waals surface area contributed by atoms with Crippen molar-refractivity contribution in [3.05, 3.63) is 81.1 Å². The lowest BCUT2D eigenvalue weighted by atomic mass is 10.2. The summed E-state index contributed by atoms with van der Waals surface area (Å²) in [6.45, 7) is 2.12. The molecular formula is C28H21BrN4O5. The van der Waals surface area contributed by atoms with Crippen molar-refractivity contribution in [2.45, 2.75) is 6.92 Å². The van der Waals surface area contributed by atoms with Gasteiger partial charge in [0.05, 0.1) is 36.2 Å². The standard InChI is InChI=1S/C28H21BrN4O5/c1-3-36-24-13-17(20(29)15-25(24)37-12-11-30)16-31-33-27(32-21-8-5-4-7-18(21)28(33)34)26-14-19-22(35-2)9-6-10-23(19)38-26/h4-10,13-16H,3,12H2,1-2H3. The van der Waals surface area contributed by atoms with E-state index < -0.39 is 0 Å². The number of halogens is 1. The third kappa shape index (κ3) is 4.71. The maximum atomic E-state index is 13.6. The highest BCUT2D eigenvalue weighted by atomic mass is 79.9. The minimum Gasteiger partial charge on any atom is -0.496 e. The minimum absolute atomic E-state index is 0.121. The summed E-state index contributed by atoms with van der Waals surface area (Å²) in [4.78, 5) is 18.3. The number of rotatable bonds is 8. The Bertz CT molecular complexity index is 1780. The van der Waals surface area contributed by atoms with Crippen LogP contribution in [0.25, 0.3) is 33.5 Å². The summed E-state index contributed by atoms with van der Waals surface area (Å²) in [7, 11) is 1.58. The summed E-state index contributed by atoms with van der Waals surface area (Å²) < 4.78 is 24.5. The molecule has 9 nitrogen and oxygen atoms in total. The lowest BCUT2D eigenvalue weighted by Crippen LogP contribution is -2.20. The number of nitrogens with zero attached hydrogens (tertiary/aromatic N) is 4. The molecule has 5 aromatic rings. The van der Waals surface area contributed by atoms with Crippen molar-refractivity contribution < 1.29 is 18.6 Å². The first-order valence-corrected chi connectivity index (χ1v) is 12.4. The van der Waals surface area contributed by atoms with Crippen molar-refractivity contribution in [2.75, 3.05) is 20.3 Å². The number of hydrogen-bond acceptors (Lipinski definition) is 8. The van der Waals surface area contributed by atoms with Gasteiger partial charge < -0.3 is 18.6 Å². The van der Waals surface area contributed by atoms with Crippen LogP contribution in [0.4, 0.5) is 0 Å². The first-order valence-electron chi connectivity index (χ1n) is 11.6. The number of hydrogen-bond donors (Lipinski definition) is 0. The van der Waals surface area contributed by atoms with E-state index in [-0.39, 0.29) is 18.0 Å². The van der Waals surface area contributed by atoms with Crippen LogP contribution in [0.5, 0.6) is 17.2 Å². The Morgan fingerprint density at radius 1 is 1.08 bits per heavy atom. The number of ether oxygens (including phenoxy) is 3. The fourth-order valence-electron chi connectivity index (χ4n) is 3.97. The molecule has 0 aliphatic carbocycles. The van der Waals surface area contributed by atoms with Crippen molar-refractivity contribution in [3.63, 3.8) is 0 Å². The molecule has 0 spiro atoms. The molecule has 0 atom stereocenters. The highest BCUT2D eigenvalue weighted by molar-refractivity contribution is 9.10. The highest BCUT2D eigenvalue weighted by Crippen LogP contribution is 2.34. The predicted molar refractivity (Wildman–Crippen MR) is 147 cm³/mol. The minimum atomic E-state index is -0.357. The summed E-state index contributed by atoms with van der Waals surface area (Å²) in [5.41, 5.74) is 1.37. The molecule has 190 valence electrons. The van der Waals surface area contributed by atoms with E-state index in [0.29, 0.717) is 56.1 Å². The van der Waals surface area contributed by atoms with Crippen molar-refractivity contribution in [1.82, 2.24) is 9.66 Å². The van der Waals surface area contributed by atoms with Gasteiger partial charge in [0.2, 0.25) is 5.82 Å². The van der Waals surface area contributed by atoms with Gasteiger partial charge in [0.1, 0.15) is 17.4 Å². The Morgan fingerprint density at radius 3 is 2.68 bits per heavy atom. The zero-order valence-corrected chi connectivity index (χ0v) is 22.1. The van der Waals surface area contributed by atoms with Crippen LogP contribution in [-0.2, 0) is 0 Å². The van der Waals surface area contributed by atoms with E-state index in [1.807, 2.05) is 37.3 Å². The number of para-hydroxylation sites is 1. The molecule has 0 unspecified atom stereocenters. The lowest BCUT2D eigenvalue weighted by Gasteiger charge is -2.12. The maximum Gasteiger partial charge on any atom is 0.282 e. The van der Waals surface area contributed by atoms with Crippen molar-refractivity contribution in [2.24, 2.45) is 5.10 Å². The largest absolute Gasteiger partial charge is 0.496 e. The first-order chi connectivity index (χ1) is 18.5. The summed E-state index contributed by atoms with van der Waals surface area (Å²) >= 11 is 3.51. The molecule has 2 aromatic heterocycles. The number of furan rings is 1. The molecule has 5 rings (SSSR count). The first kappa shape index (κ1) is 25.0. The van der Waals surface area contributed by atoms with Crippen LogP contribution < -0.4 is 19.8 Å².